The molecule has 2 aromatic rings. The Kier molecular flexibility index (Phi) is 4.48. The van der Waals surface area contributed by atoms with Gasteiger partial charge in [0.25, 0.3) is 0 Å². The summed E-state index contributed by atoms with van der Waals surface area (Å²) in [6.45, 7) is 9.02. The van der Waals surface area contributed by atoms with Crippen molar-refractivity contribution in [1.82, 2.24) is 14.5 Å². The number of halogens is 1. The van der Waals surface area contributed by atoms with Crippen LogP contribution in [0.2, 0.25) is 0 Å². The third-order valence-electron chi connectivity index (χ3n) is 4.10. The van der Waals surface area contributed by atoms with Crippen LogP contribution in [-0.2, 0) is 10.6 Å². The number of nitrogens with zero attached hydrogens (tertiary/aromatic N) is 3. The van der Waals surface area contributed by atoms with E-state index in [-0.39, 0.29) is 0 Å². The quantitative estimate of drug-likeness (QED) is 0.814. The van der Waals surface area contributed by atoms with Crippen molar-refractivity contribution >= 4 is 22.6 Å². The maximum atomic E-state index is 6.11. The van der Waals surface area contributed by atoms with E-state index >= 15 is 0 Å². The van der Waals surface area contributed by atoms with E-state index in [9.17, 15) is 0 Å². The van der Waals surface area contributed by atoms with Crippen molar-refractivity contribution in [3.63, 3.8) is 0 Å². The predicted molar refractivity (Wildman–Crippen MR) is 86.0 cm³/mol. The Morgan fingerprint density at radius 3 is 2.81 bits per heavy atom. The van der Waals surface area contributed by atoms with Crippen molar-refractivity contribution < 1.29 is 4.74 Å². The first-order valence-electron chi connectivity index (χ1n) is 7.52. The Morgan fingerprint density at radius 1 is 1.33 bits per heavy atom. The van der Waals surface area contributed by atoms with Gasteiger partial charge in [0.1, 0.15) is 5.82 Å². The minimum atomic E-state index is 0.351. The maximum Gasteiger partial charge on any atom is 0.125 e. The molecule has 2 heterocycles. The van der Waals surface area contributed by atoms with Crippen molar-refractivity contribution in [2.75, 3.05) is 32.8 Å². The lowest BCUT2D eigenvalue weighted by Gasteiger charge is -2.30. The molecule has 1 aliphatic heterocycles. The van der Waals surface area contributed by atoms with Gasteiger partial charge in [-0.1, -0.05) is 6.07 Å². The number of hydrogen-bond donors (Lipinski definition) is 0. The van der Waals surface area contributed by atoms with Crippen LogP contribution in [0.15, 0.2) is 18.2 Å². The fourth-order valence-electron chi connectivity index (χ4n) is 3.08. The largest absolute Gasteiger partial charge is 0.379 e. The molecule has 1 fully saturated rings. The summed E-state index contributed by atoms with van der Waals surface area (Å²) in [7, 11) is 0. The van der Waals surface area contributed by atoms with Crippen molar-refractivity contribution in [3.05, 3.63) is 29.6 Å². The highest BCUT2D eigenvalue weighted by molar-refractivity contribution is 6.16. The minimum Gasteiger partial charge on any atom is -0.379 e. The minimum absolute atomic E-state index is 0.351. The molecule has 1 aliphatic rings. The molecule has 1 atom stereocenters. The second-order valence-electron chi connectivity index (χ2n) is 5.79. The summed E-state index contributed by atoms with van der Waals surface area (Å²) in [6.07, 6.45) is 0. The van der Waals surface area contributed by atoms with Crippen molar-refractivity contribution in [2.45, 2.75) is 25.8 Å². The summed E-state index contributed by atoms with van der Waals surface area (Å²) in [6, 6.07) is 6.77. The van der Waals surface area contributed by atoms with Gasteiger partial charge in [-0.15, -0.1) is 11.6 Å². The predicted octanol–water partition coefficient (Wildman–Crippen LogP) is 2.98. The Morgan fingerprint density at radius 2 is 2.10 bits per heavy atom. The third kappa shape index (κ3) is 3.07. The summed E-state index contributed by atoms with van der Waals surface area (Å²) in [5.41, 5.74) is 3.45. The molecule has 4 nitrogen and oxygen atoms in total. The molecular formula is C16H22ClN3O. The number of benzene rings is 1. The zero-order valence-electron chi connectivity index (χ0n) is 12.7. The normalized spacial score (nSPS) is 18.2. The highest BCUT2D eigenvalue weighted by Crippen LogP contribution is 2.24. The number of imidazole rings is 1. The average molecular weight is 308 g/mol. The summed E-state index contributed by atoms with van der Waals surface area (Å²) in [4.78, 5) is 7.14. The lowest BCUT2D eigenvalue weighted by atomic mass is 10.2. The molecule has 0 amide bonds. The molecule has 3 rings (SSSR count). The molecule has 0 radical (unpaired) electrons. The van der Waals surface area contributed by atoms with Gasteiger partial charge >= 0.3 is 0 Å². The number of ether oxygens (including phenoxy) is 1. The van der Waals surface area contributed by atoms with Crippen LogP contribution < -0.4 is 0 Å². The second-order valence-corrected chi connectivity index (χ2v) is 6.05. The van der Waals surface area contributed by atoms with Crippen LogP contribution in [0.1, 0.15) is 24.4 Å². The molecule has 0 spiro atoms. The van der Waals surface area contributed by atoms with Gasteiger partial charge in [0.05, 0.1) is 30.1 Å². The monoisotopic (exact) mass is 307 g/mol. The summed E-state index contributed by atoms with van der Waals surface area (Å²) < 4.78 is 7.71. The highest BCUT2D eigenvalue weighted by atomic mass is 35.5. The molecule has 0 bridgehead atoms. The van der Waals surface area contributed by atoms with Crippen LogP contribution in [0.3, 0.4) is 0 Å². The fraction of sp³-hybridized carbons (Fsp3) is 0.562. The van der Waals surface area contributed by atoms with Gasteiger partial charge in [-0.2, -0.15) is 0 Å². The van der Waals surface area contributed by atoms with Gasteiger partial charge in [0, 0.05) is 25.7 Å². The number of hydrogen-bond acceptors (Lipinski definition) is 3. The van der Waals surface area contributed by atoms with E-state index in [1.165, 1.54) is 11.1 Å². The number of morpholine rings is 1. The number of aryl methyl sites for hydroxylation is 1. The Balaban J connectivity index is 1.90. The standard InChI is InChI=1S/C16H22ClN3O/c1-12-3-4-15-14(9-12)18-16(10-17)20(15)13(2)11-19-5-7-21-8-6-19/h3-4,9,13H,5-8,10-11H2,1-2H3. The maximum absolute atomic E-state index is 6.11. The number of fused-ring (bicyclic) bond motifs is 1. The molecular weight excluding hydrogens is 286 g/mol. The summed E-state index contributed by atoms with van der Waals surface area (Å²) >= 11 is 6.11. The van der Waals surface area contributed by atoms with Crippen molar-refractivity contribution in [3.8, 4) is 0 Å². The van der Waals surface area contributed by atoms with Gasteiger partial charge in [-0.25, -0.2) is 4.98 Å². The smallest absolute Gasteiger partial charge is 0.125 e. The SMILES string of the molecule is Cc1ccc2c(c1)nc(CCl)n2C(C)CN1CCOCC1. The second kappa shape index (κ2) is 6.34. The van der Waals surface area contributed by atoms with Crippen molar-refractivity contribution in [2.24, 2.45) is 0 Å². The molecule has 0 N–H and O–H groups in total. The average Bonchev–Trinajstić information content (AvgIpc) is 2.85. The molecule has 0 aliphatic carbocycles. The lowest BCUT2D eigenvalue weighted by Crippen LogP contribution is -2.39. The molecule has 114 valence electrons. The molecule has 21 heavy (non-hydrogen) atoms. The van der Waals surface area contributed by atoms with E-state index < -0.39 is 0 Å². The van der Waals surface area contributed by atoms with Crippen LogP contribution in [0.25, 0.3) is 11.0 Å². The van der Waals surface area contributed by atoms with Gasteiger partial charge in [0.2, 0.25) is 0 Å². The van der Waals surface area contributed by atoms with E-state index in [0.717, 1.165) is 44.2 Å². The van der Waals surface area contributed by atoms with E-state index in [1.54, 1.807) is 0 Å². The zero-order chi connectivity index (χ0) is 14.8. The molecule has 1 unspecified atom stereocenters. The first-order chi connectivity index (χ1) is 10.2. The highest BCUT2D eigenvalue weighted by Gasteiger charge is 2.19. The van der Waals surface area contributed by atoms with Gasteiger partial charge < -0.3 is 9.30 Å². The van der Waals surface area contributed by atoms with Crippen LogP contribution in [0, 0.1) is 6.92 Å². The number of aromatic nitrogens is 2. The topological polar surface area (TPSA) is 30.3 Å². The van der Waals surface area contributed by atoms with Crippen LogP contribution in [0.4, 0.5) is 0 Å². The zero-order valence-corrected chi connectivity index (χ0v) is 13.4. The van der Waals surface area contributed by atoms with Crippen LogP contribution in [-0.4, -0.2) is 47.3 Å². The summed E-state index contributed by atoms with van der Waals surface area (Å²) in [5.74, 6) is 1.40. The van der Waals surface area contributed by atoms with Gasteiger partial charge in [-0.3, -0.25) is 4.90 Å². The molecule has 0 saturated carbocycles. The first kappa shape index (κ1) is 14.8. The van der Waals surface area contributed by atoms with Crippen molar-refractivity contribution in [1.29, 1.82) is 0 Å². The Hall–Kier alpha value is -1.10. The first-order valence-corrected chi connectivity index (χ1v) is 8.06. The molecule has 1 aromatic heterocycles. The molecule has 1 saturated heterocycles. The van der Waals surface area contributed by atoms with Gasteiger partial charge in [-0.05, 0) is 31.5 Å². The lowest BCUT2D eigenvalue weighted by molar-refractivity contribution is 0.0326. The van der Waals surface area contributed by atoms with E-state index in [2.05, 4.69) is 41.5 Å². The summed E-state index contributed by atoms with van der Waals surface area (Å²) in [5, 5.41) is 0. The van der Waals surface area contributed by atoms with Crippen LogP contribution >= 0.6 is 11.6 Å². The van der Waals surface area contributed by atoms with Crippen LogP contribution in [0.5, 0.6) is 0 Å². The fourth-order valence-corrected chi connectivity index (χ4v) is 3.27. The van der Waals surface area contributed by atoms with E-state index in [0.29, 0.717) is 11.9 Å². The number of alkyl halides is 1. The van der Waals surface area contributed by atoms with Gasteiger partial charge in [0.15, 0.2) is 0 Å². The molecule has 1 aromatic carbocycles. The third-order valence-corrected chi connectivity index (χ3v) is 4.34. The van der Waals surface area contributed by atoms with E-state index in [4.69, 9.17) is 21.3 Å². The Bertz CT molecular complexity index is 619. The Labute approximate surface area is 130 Å². The molecule has 5 heteroatoms. The van der Waals surface area contributed by atoms with E-state index in [1.807, 2.05) is 0 Å². The number of rotatable bonds is 4.